The lowest BCUT2D eigenvalue weighted by atomic mass is 9.84. The second-order valence-corrected chi connectivity index (χ2v) is 12.3. The molecular weight excluding hydrogens is 472 g/mol. The summed E-state index contributed by atoms with van der Waals surface area (Å²) in [4.78, 5) is 0. The van der Waals surface area contributed by atoms with E-state index in [-0.39, 0.29) is 18.3 Å². The molecule has 0 amide bonds. The minimum Gasteiger partial charge on any atom is -0.512 e. The van der Waals surface area contributed by atoms with Crippen molar-refractivity contribution < 1.29 is 19.3 Å². The number of aliphatic hydroxyl groups excluding tert-OH is 1. The number of aliphatic hydroxyl groups is 1. The summed E-state index contributed by atoms with van der Waals surface area (Å²) >= 11 is 0. The Bertz CT molecular complexity index is 881. The molecule has 210 valence electrons. The standard InChI is InChI=1S/C34H50O4/c35-31(19-18-26-12-4-1-5-13-26)34-30-23-28(16-8-3-10-20-36-25-27-14-6-2-7-15-27)22-29(30)24-32(34)38-33-17-9-11-21-37-33/h2,6-7,14-15,19,22,26,29-30,32-35H,1,3-5,8-13,16-18,20-21,23-25H2/t29-,30-,32+,33?,34-/m1/s1. The Morgan fingerprint density at radius 1 is 0.974 bits per heavy atom. The maximum absolute atomic E-state index is 11.4. The Kier molecular flexibility index (Phi) is 10.8. The van der Waals surface area contributed by atoms with Crippen LogP contribution in [0.15, 0.2) is 53.8 Å². The van der Waals surface area contributed by atoms with Crippen molar-refractivity contribution in [2.45, 2.75) is 115 Å². The molecule has 0 radical (unpaired) electrons. The van der Waals surface area contributed by atoms with E-state index in [1.54, 1.807) is 5.57 Å². The number of fused-ring (bicyclic) bond motifs is 1. The number of allylic oxidation sites excluding steroid dienone is 3. The van der Waals surface area contributed by atoms with E-state index in [0.29, 0.717) is 24.2 Å². The van der Waals surface area contributed by atoms with Crippen LogP contribution in [0, 0.1) is 23.7 Å². The normalized spacial score (nSPS) is 30.4. The van der Waals surface area contributed by atoms with Crippen molar-refractivity contribution in [2.24, 2.45) is 23.7 Å². The van der Waals surface area contributed by atoms with Gasteiger partial charge in [-0.2, -0.15) is 0 Å². The second-order valence-electron chi connectivity index (χ2n) is 12.3. The Morgan fingerprint density at radius 2 is 1.82 bits per heavy atom. The Morgan fingerprint density at radius 3 is 2.63 bits per heavy atom. The lowest BCUT2D eigenvalue weighted by Gasteiger charge is -2.30. The minimum absolute atomic E-state index is 0.0790. The molecule has 5 rings (SSSR count). The van der Waals surface area contributed by atoms with Gasteiger partial charge in [0.15, 0.2) is 6.29 Å². The molecular formula is C34H50O4. The first kappa shape index (κ1) is 27.9. The van der Waals surface area contributed by atoms with Crippen molar-refractivity contribution in [3.8, 4) is 0 Å². The molecule has 5 atom stereocenters. The first-order valence-electron chi connectivity index (χ1n) is 15.7. The van der Waals surface area contributed by atoms with E-state index in [9.17, 15) is 5.11 Å². The zero-order valence-electron chi connectivity index (χ0n) is 23.4. The summed E-state index contributed by atoms with van der Waals surface area (Å²) in [5.74, 6) is 2.49. The number of ether oxygens (including phenoxy) is 3. The van der Waals surface area contributed by atoms with Crippen LogP contribution >= 0.6 is 0 Å². The third kappa shape index (κ3) is 7.96. The van der Waals surface area contributed by atoms with Crippen molar-refractivity contribution in [1.29, 1.82) is 0 Å². The lowest BCUT2D eigenvalue weighted by molar-refractivity contribution is -0.195. The van der Waals surface area contributed by atoms with E-state index in [0.717, 1.165) is 57.7 Å². The van der Waals surface area contributed by atoms with Crippen molar-refractivity contribution in [3.63, 3.8) is 0 Å². The molecule has 3 fully saturated rings. The topological polar surface area (TPSA) is 47.9 Å². The molecule has 4 nitrogen and oxygen atoms in total. The fourth-order valence-electron chi connectivity index (χ4n) is 7.37. The van der Waals surface area contributed by atoms with Crippen LogP contribution in [-0.2, 0) is 20.8 Å². The van der Waals surface area contributed by atoms with E-state index in [2.05, 4.69) is 36.4 Å². The molecule has 1 saturated heterocycles. The molecule has 1 unspecified atom stereocenters. The SMILES string of the molecule is OC(=CCC1CCCCC1)[C@H]1[C@@H]2CC(CCCCCOCc3ccccc3)=C[C@@H]2C[C@@H]1OC1CCCCO1. The maximum Gasteiger partial charge on any atom is 0.157 e. The summed E-state index contributed by atoms with van der Waals surface area (Å²) < 4.78 is 18.3. The average Bonchev–Trinajstić information content (AvgIpc) is 3.49. The van der Waals surface area contributed by atoms with Crippen molar-refractivity contribution >= 4 is 0 Å². The fraction of sp³-hybridized carbons (Fsp3) is 0.706. The van der Waals surface area contributed by atoms with Gasteiger partial charge in [-0.15, -0.1) is 0 Å². The molecule has 1 N–H and O–H groups in total. The number of benzene rings is 1. The van der Waals surface area contributed by atoms with Gasteiger partial charge in [-0.1, -0.05) is 80.5 Å². The summed E-state index contributed by atoms with van der Waals surface area (Å²) in [5.41, 5.74) is 2.85. The van der Waals surface area contributed by atoms with Crippen molar-refractivity contribution in [2.75, 3.05) is 13.2 Å². The zero-order valence-corrected chi connectivity index (χ0v) is 23.4. The van der Waals surface area contributed by atoms with Gasteiger partial charge in [0, 0.05) is 19.1 Å². The number of hydrogen-bond donors (Lipinski definition) is 1. The molecule has 0 aromatic heterocycles. The van der Waals surface area contributed by atoms with Crippen molar-refractivity contribution in [3.05, 3.63) is 59.4 Å². The largest absolute Gasteiger partial charge is 0.512 e. The summed E-state index contributed by atoms with van der Waals surface area (Å²) in [5, 5.41) is 11.4. The predicted octanol–water partition coefficient (Wildman–Crippen LogP) is 8.67. The molecule has 4 aliphatic rings. The average molecular weight is 523 g/mol. The van der Waals surface area contributed by atoms with E-state index in [4.69, 9.17) is 14.2 Å². The van der Waals surface area contributed by atoms with E-state index in [1.807, 2.05) is 6.07 Å². The van der Waals surface area contributed by atoms with E-state index >= 15 is 0 Å². The molecule has 4 heteroatoms. The Hall–Kier alpha value is -1.62. The highest BCUT2D eigenvalue weighted by Crippen LogP contribution is 2.51. The van der Waals surface area contributed by atoms with Gasteiger partial charge in [0.25, 0.3) is 0 Å². The molecule has 1 aliphatic heterocycles. The maximum atomic E-state index is 11.4. The number of hydrogen-bond acceptors (Lipinski definition) is 4. The van der Waals surface area contributed by atoms with Gasteiger partial charge in [0.2, 0.25) is 0 Å². The van der Waals surface area contributed by atoms with Gasteiger partial charge in [0.1, 0.15) is 0 Å². The Balaban J connectivity index is 1.09. The predicted molar refractivity (Wildman–Crippen MR) is 153 cm³/mol. The summed E-state index contributed by atoms with van der Waals surface area (Å²) in [6.07, 6.45) is 22.6. The van der Waals surface area contributed by atoms with Crippen LogP contribution in [0.2, 0.25) is 0 Å². The van der Waals surface area contributed by atoms with Gasteiger partial charge in [-0.25, -0.2) is 0 Å². The molecule has 1 heterocycles. The fourth-order valence-corrected chi connectivity index (χ4v) is 7.37. The third-order valence-electron chi connectivity index (χ3n) is 9.45. The lowest BCUT2D eigenvalue weighted by Crippen LogP contribution is -2.32. The summed E-state index contributed by atoms with van der Waals surface area (Å²) in [6, 6.07) is 10.4. The molecule has 1 aromatic carbocycles. The van der Waals surface area contributed by atoms with Crippen LogP contribution in [-0.4, -0.2) is 30.7 Å². The number of rotatable bonds is 13. The zero-order chi connectivity index (χ0) is 26.0. The van der Waals surface area contributed by atoms with Crippen LogP contribution in [0.4, 0.5) is 0 Å². The highest BCUT2D eigenvalue weighted by Gasteiger charge is 2.48. The highest BCUT2D eigenvalue weighted by atomic mass is 16.7. The number of unbranched alkanes of at least 4 members (excludes halogenated alkanes) is 2. The van der Waals surface area contributed by atoms with Crippen LogP contribution < -0.4 is 0 Å². The van der Waals surface area contributed by atoms with Gasteiger partial charge in [-0.3, -0.25) is 0 Å². The molecule has 0 bridgehead atoms. The monoisotopic (exact) mass is 522 g/mol. The van der Waals surface area contributed by atoms with Gasteiger partial charge >= 0.3 is 0 Å². The Labute approximate surface area is 230 Å². The van der Waals surface area contributed by atoms with Crippen LogP contribution in [0.5, 0.6) is 0 Å². The third-order valence-corrected chi connectivity index (χ3v) is 9.45. The molecule has 1 aromatic rings. The molecule has 2 saturated carbocycles. The second kappa shape index (κ2) is 14.7. The van der Waals surface area contributed by atoms with Crippen LogP contribution in [0.3, 0.4) is 0 Å². The highest BCUT2D eigenvalue weighted by molar-refractivity contribution is 5.22. The smallest absolute Gasteiger partial charge is 0.157 e. The molecule has 38 heavy (non-hydrogen) atoms. The van der Waals surface area contributed by atoms with E-state index in [1.165, 1.54) is 63.4 Å². The van der Waals surface area contributed by atoms with Crippen LogP contribution in [0.25, 0.3) is 0 Å². The van der Waals surface area contributed by atoms with Gasteiger partial charge < -0.3 is 19.3 Å². The molecule has 3 aliphatic carbocycles. The van der Waals surface area contributed by atoms with Gasteiger partial charge in [0.05, 0.1) is 18.5 Å². The first-order valence-corrected chi connectivity index (χ1v) is 15.7. The summed E-state index contributed by atoms with van der Waals surface area (Å²) in [6.45, 7) is 2.35. The molecule has 0 spiro atoms. The van der Waals surface area contributed by atoms with Crippen molar-refractivity contribution in [1.82, 2.24) is 0 Å². The van der Waals surface area contributed by atoms with E-state index < -0.39 is 0 Å². The van der Waals surface area contributed by atoms with Gasteiger partial charge in [-0.05, 0) is 87.2 Å². The first-order chi connectivity index (χ1) is 18.8. The summed E-state index contributed by atoms with van der Waals surface area (Å²) in [7, 11) is 0. The van der Waals surface area contributed by atoms with Crippen LogP contribution in [0.1, 0.15) is 102 Å². The quantitative estimate of drug-likeness (QED) is 0.160. The minimum atomic E-state index is -0.0891.